The van der Waals surface area contributed by atoms with Crippen molar-refractivity contribution in [3.63, 3.8) is 0 Å². The van der Waals surface area contributed by atoms with Crippen molar-refractivity contribution in [2.45, 2.75) is 51.8 Å². The van der Waals surface area contributed by atoms with Gasteiger partial charge in [0.05, 0.1) is 19.3 Å². The summed E-state index contributed by atoms with van der Waals surface area (Å²) in [5.41, 5.74) is 4.46. The molecule has 1 aliphatic rings. The van der Waals surface area contributed by atoms with Gasteiger partial charge in [-0.2, -0.15) is 5.10 Å². The van der Waals surface area contributed by atoms with Crippen molar-refractivity contribution in [3.8, 4) is 11.1 Å². The lowest BCUT2D eigenvalue weighted by molar-refractivity contribution is -0.00243. The lowest BCUT2D eigenvalue weighted by Gasteiger charge is -2.28. The lowest BCUT2D eigenvalue weighted by Crippen LogP contribution is -2.38. The monoisotopic (exact) mass is 447 g/mol. The molecule has 2 amide bonds. The maximum atomic E-state index is 12.3. The zero-order valence-electron chi connectivity index (χ0n) is 19.2. The number of nitrogens with zero attached hydrogens (tertiary/aromatic N) is 3. The van der Waals surface area contributed by atoms with Gasteiger partial charge < -0.3 is 15.4 Å². The minimum Gasteiger partial charge on any atom is -0.376 e. The number of aromatic nitrogens is 3. The third-order valence-corrected chi connectivity index (χ3v) is 6.29. The van der Waals surface area contributed by atoms with E-state index < -0.39 is 0 Å². The Balaban J connectivity index is 1.25. The molecular formula is C26H33N5O2. The Hall–Kier alpha value is -3.19. The number of hydrogen-bond donors (Lipinski definition) is 2. The maximum absolute atomic E-state index is 12.3. The molecule has 0 saturated heterocycles. The summed E-state index contributed by atoms with van der Waals surface area (Å²) in [4.78, 5) is 16.3. The molecule has 174 valence electrons. The molecule has 7 heteroatoms. The van der Waals surface area contributed by atoms with Crippen molar-refractivity contribution >= 4 is 6.03 Å². The summed E-state index contributed by atoms with van der Waals surface area (Å²) >= 11 is 0. The molecule has 0 radical (unpaired) electrons. The first-order valence-corrected chi connectivity index (χ1v) is 11.8. The first kappa shape index (κ1) is 23.0. The fourth-order valence-corrected chi connectivity index (χ4v) is 4.39. The normalized spacial score (nSPS) is 18.1. The smallest absolute Gasteiger partial charge is 0.315 e. The van der Waals surface area contributed by atoms with E-state index >= 15 is 0 Å². The van der Waals surface area contributed by atoms with Gasteiger partial charge in [0.25, 0.3) is 0 Å². The number of rotatable bonds is 9. The van der Waals surface area contributed by atoms with Gasteiger partial charge in [0.15, 0.2) is 0 Å². The molecule has 0 spiro atoms. The minimum absolute atomic E-state index is 0.173. The van der Waals surface area contributed by atoms with Crippen LogP contribution in [-0.2, 0) is 17.8 Å². The fourth-order valence-electron chi connectivity index (χ4n) is 4.39. The van der Waals surface area contributed by atoms with Crippen LogP contribution in [0.2, 0.25) is 0 Å². The molecule has 2 unspecified atom stereocenters. The SMILES string of the molecule is CC1CCCCC1OCCNC(=O)NCc1ccccc1-c1ccc(Cn2cncn2)cc1. The molecule has 33 heavy (non-hydrogen) atoms. The number of nitrogens with one attached hydrogen (secondary N) is 2. The molecule has 1 saturated carbocycles. The standard InChI is InChI=1S/C26H33N5O2/c1-20-6-2-5-9-25(20)33-15-14-28-26(32)29-16-23-7-3-4-8-24(23)22-12-10-21(11-13-22)17-31-19-27-18-30-31/h3-4,7-8,10-13,18-20,25H,2,5-6,9,14-17H2,1H3,(H2,28,29,32). The number of ether oxygens (including phenoxy) is 1. The van der Waals surface area contributed by atoms with Crippen LogP contribution in [0.4, 0.5) is 4.79 Å². The molecule has 1 fully saturated rings. The molecule has 0 bridgehead atoms. The average molecular weight is 448 g/mol. The number of amides is 2. The van der Waals surface area contributed by atoms with E-state index in [0.717, 1.165) is 28.7 Å². The number of hydrogen-bond acceptors (Lipinski definition) is 4. The molecular weight excluding hydrogens is 414 g/mol. The Bertz CT molecular complexity index is 1000. The highest BCUT2D eigenvalue weighted by molar-refractivity contribution is 5.74. The Labute approximate surface area is 195 Å². The third kappa shape index (κ3) is 6.65. The zero-order valence-corrected chi connectivity index (χ0v) is 19.2. The Kier molecular flexibility index (Phi) is 8.09. The Morgan fingerprint density at radius 2 is 1.91 bits per heavy atom. The van der Waals surface area contributed by atoms with Gasteiger partial charge in [-0.05, 0) is 41.0 Å². The van der Waals surface area contributed by atoms with Crippen LogP contribution in [0.15, 0.2) is 61.2 Å². The second-order valence-corrected chi connectivity index (χ2v) is 8.73. The zero-order chi connectivity index (χ0) is 22.9. The molecule has 4 rings (SSSR count). The highest BCUT2D eigenvalue weighted by Gasteiger charge is 2.21. The van der Waals surface area contributed by atoms with E-state index in [1.807, 2.05) is 18.2 Å². The summed E-state index contributed by atoms with van der Waals surface area (Å²) in [6.45, 7) is 4.48. The van der Waals surface area contributed by atoms with E-state index in [0.29, 0.717) is 38.3 Å². The van der Waals surface area contributed by atoms with E-state index in [4.69, 9.17) is 4.74 Å². The number of urea groups is 1. The van der Waals surface area contributed by atoms with E-state index in [1.54, 1.807) is 11.0 Å². The summed E-state index contributed by atoms with van der Waals surface area (Å²) in [6, 6.07) is 16.4. The Morgan fingerprint density at radius 1 is 1.09 bits per heavy atom. The quantitative estimate of drug-likeness (QED) is 0.477. The van der Waals surface area contributed by atoms with Gasteiger partial charge in [-0.15, -0.1) is 0 Å². The predicted octanol–water partition coefficient (Wildman–Crippen LogP) is 4.39. The second kappa shape index (κ2) is 11.6. The van der Waals surface area contributed by atoms with Gasteiger partial charge in [0, 0.05) is 13.1 Å². The highest BCUT2D eigenvalue weighted by atomic mass is 16.5. The third-order valence-electron chi connectivity index (χ3n) is 6.29. The summed E-state index contributed by atoms with van der Waals surface area (Å²) in [5.74, 6) is 0.612. The van der Waals surface area contributed by atoms with E-state index in [2.05, 4.69) is 58.0 Å². The van der Waals surface area contributed by atoms with E-state index in [1.165, 1.54) is 25.6 Å². The van der Waals surface area contributed by atoms with Crippen LogP contribution in [0.1, 0.15) is 43.7 Å². The lowest BCUT2D eigenvalue weighted by atomic mass is 9.88. The topological polar surface area (TPSA) is 81.1 Å². The average Bonchev–Trinajstić information content (AvgIpc) is 3.35. The molecule has 0 aliphatic heterocycles. The Morgan fingerprint density at radius 3 is 2.70 bits per heavy atom. The number of carbonyl (C=O) groups excluding carboxylic acids is 1. The van der Waals surface area contributed by atoms with Crippen molar-refractivity contribution in [2.24, 2.45) is 5.92 Å². The number of benzene rings is 2. The van der Waals surface area contributed by atoms with Crippen molar-refractivity contribution in [1.82, 2.24) is 25.4 Å². The maximum Gasteiger partial charge on any atom is 0.315 e. The first-order chi connectivity index (χ1) is 16.2. The van der Waals surface area contributed by atoms with Crippen molar-refractivity contribution in [2.75, 3.05) is 13.2 Å². The van der Waals surface area contributed by atoms with Crippen LogP contribution in [0.3, 0.4) is 0 Å². The highest BCUT2D eigenvalue weighted by Crippen LogP contribution is 2.26. The van der Waals surface area contributed by atoms with Crippen molar-refractivity contribution < 1.29 is 9.53 Å². The molecule has 7 nitrogen and oxygen atoms in total. The summed E-state index contributed by atoms with van der Waals surface area (Å²) in [5, 5.41) is 10.0. The van der Waals surface area contributed by atoms with Crippen LogP contribution >= 0.6 is 0 Å². The fraction of sp³-hybridized carbons (Fsp3) is 0.423. The number of carbonyl (C=O) groups is 1. The van der Waals surface area contributed by atoms with Gasteiger partial charge >= 0.3 is 6.03 Å². The molecule has 1 aliphatic carbocycles. The van der Waals surface area contributed by atoms with Crippen LogP contribution in [0.25, 0.3) is 11.1 Å². The van der Waals surface area contributed by atoms with Gasteiger partial charge in [-0.3, -0.25) is 0 Å². The molecule has 1 heterocycles. The van der Waals surface area contributed by atoms with Crippen LogP contribution in [0.5, 0.6) is 0 Å². The largest absolute Gasteiger partial charge is 0.376 e. The van der Waals surface area contributed by atoms with Gasteiger partial charge in [0.2, 0.25) is 0 Å². The summed E-state index contributed by atoms with van der Waals surface area (Å²) in [7, 11) is 0. The summed E-state index contributed by atoms with van der Waals surface area (Å²) in [6.07, 6.45) is 8.50. The van der Waals surface area contributed by atoms with Gasteiger partial charge in [-0.1, -0.05) is 68.3 Å². The van der Waals surface area contributed by atoms with Crippen molar-refractivity contribution in [3.05, 3.63) is 72.3 Å². The minimum atomic E-state index is -0.173. The van der Waals surface area contributed by atoms with Crippen LogP contribution < -0.4 is 10.6 Å². The van der Waals surface area contributed by atoms with Crippen LogP contribution in [-0.4, -0.2) is 40.1 Å². The molecule has 1 aromatic heterocycles. The van der Waals surface area contributed by atoms with Gasteiger partial charge in [-0.25, -0.2) is 14.5 Å². The van der Waals surface area contributed by atoms with Crippen LogP contribution in [0, 0.1) is 5.92 Å². The predicted molar refractivity (Wildman–Crippen MR) is 129 cm³/mol. The van der Waals surface area contributed by atoms with Gasteiger partial charge in [0.1, 0.15) is 12.7 Å². The second-order valence-electron chi connectivity index (χ2n) is 8.73. The van der Waals surface area contributed by atoms with E-state index in [9.17, 15) is 4.79 Å². The summed E-state index contributed by atoms with van der Waals surface area (Å²) < 4.78 is 7.77. The van der Waals surface area contributed by atoms with Crippen molar-refractivity contribution in [1.29, 1.82) is 0 Å². The molecule has 2 aromatic carbocycles. The molecule has 2 N–H and O–H groups in total. The first-order valence-electron chi connectivity index (χ1n) is 11.8. The molecule has 2 atom stereocenters. The molecule has 3 aromatic rings. The van der Waals surface area contributed by atoms with E-state index in [-0.39, 0.29) is 6.03 Å².